The normalized spacial score (nSPS) is 10.2. The molecule has 0 amide bonds. The second-order valence-corrected chi connectivity index (χ2v) is 5.17. The lowest BCUT2D eigenvalue weighted by molar-refractivity contribution is 0.356. The standard InChI is InChI=1S/C17H17N3O3.ClH/c1-22-15-8-12-13(9-16(15)23-2)17(21)20-19-14(12)7-10-3-5-11(18)6-4-10;/h3-6,8-9H,7,18H2,1-2H3,(H,20,21);1H. The molecule has 0 atom stereocenters. The number of nitrogens with one attached hydrogen (secondary N) is 1. The minimum atomic E-state index is -0.262. The van der Waals surface area contributed by atoms with Gasteiger partial charge in [-0.1, -0.05) is 12.1 Å². The monoisotopic (exact) mass is 347 g/mol. The summed E-state index contributed by atoms with van der Waals surface area (Å²) in [5, 5.41) is 7.98. The van der Waals surface area contributed by atoms with Crippen LogP contribution in [0.15, 0.2) is 41.2 Å². The van der Waals surface area contributed by atoms with E-state index in [1.165, 1.54) is 7.11 Å². The fourth-order valence-corrected chi connectivity index (χ4v) is 2.51. The van der Waals surface area contributed by atoms with Gasteiger partial charge >= 0.3 is 0 Å². The maximum atomic E-state index is 12.1. The summed E-state index contributed by atoms with van der Waals surface area (Å²) < 4.78 is 10.6. The number of benzene rings is 2. The van der Waals surface area contributed by atoms with Crippen LogP contribution in [0.25, 0.3) is 10.8 Å². The first-order valence-corrected chi connectivity index (χ1v) is 7.10. The molecule has 3 N–H and O–H groups in total. The van der Waals surface area contributed by atoms with Crippen LogP contribution in [0.4, 0.5) is 5.69 Å². The molecule has 0 aliphatic carbocycles. The van der Waals surface area contributed by atoms with Crippen molar-refractivity contribution in [2.75, 3.05) is 20.0 Å². The molecule has 6 nitrogen and oxygen atoms in total. The number of aromatic amines is 1. The highest BCUT2D eigenvalue weighted by molar-refractivity contribution is 5.87. The largest absolute Gasteiger partial charge is 0.493 e. The van der Waals surface area contributed by atoms with E-state index in [0.717, 1.165) is 16.6 Å². The molecule has 0 fully saturated rings. The average Bonchev–Trinajstić information content (AvgIpc) is 2.58. The Hall–Kier alpha value is -2.73. The van der Waals surface area contributed by atoms with Crippen LogP contribution in [-0.2, 0) is 6.42 Å². The molecule has 0 spiro atoms. The van der Waals surface area contributed by atoms with Gasteiger partial charge in [-0.25, -0.2) is 5.10 Å². The van der Waals surface area contributed by atoms with Crippen LogP contribution in [-0.4, -0.2) is 24.4 Å². The Balaban J connectivity index is 0.00000208. The van der Waals surface area contributed by atoms with Gasteiger partial charge in [0.2, 0.25) is 0 Å². The van der Waals surface area contributed by atoms with Gasteiger partial charge in [0, 0.05) is 17.5 Å². The van der Waals surface area contributed by atoms with Crippen LogP contribution >= 0.6 is 12.4 Å². The molecule has 24 heavy (non-hydrogen) atoms. The summed E-state index contributed by atoms with van der Waals surface area (Å²) in [5.74, 6) is 1.07. The van der Waals surface area contributed by atoms with Crippen LogP contribution in [0.3, 0.4) is 0 Å². The smallest absolute Gasteiger partial charge is 0.272 e. The van der Waals surface area contributed by atoms with Crippen LogP contribution in [0.5, 0.6) is 11.5 Å². The van der Waals surface area contributed by atoms with E-state index < -0.39 is 0 Å². The third kappa shape index (κ3) is 3.28. The number of nitrogens with zero attached hydrogens (tertiary/aromatic N) is 1. The fraction of sp³-hybridized carbons (Fsp3) is 0.176. The minimum absolute atomic E-state index is 0. The third-order valence-corrected chi connectivity index (χ3v) is 3.72. The molecule has 0 bridgehead atoms. The van der Waals surface area contributed by atoms with Crippen molar-refractivity contribution in [1.29, 1.82) is 0 Å². The first-order valence-electron chi connectivity index (χ1n) is 7.10. The second kappa shape index (κ2) is 7.23. The van der Waals surface area contributed by atoms with E-state index in [4.69, 9.17) is 15.2 Å². The second-order valence-electron chi connectivity index (χ2n) is 5.17. The van der Waals surface area contributed by atoms with Gasteiger partial charge in [-0.2, -0.15) is 5.10 Å². The minimum Gasteiger partial charge on any atom is -0.493 e. The van der Waals surface area contributed by atoms with Gasteiger partial charge in [0.15, 0.2) is 11.5 Å². The van der Waals surface area contributed by atoms with Gasteiger partial charge in [-0.3, -0.25) is 4.79 Å². The number of nitrogens with two attached hydrogens (primary N) is 1. The molecule has 7 heteroatoms. The van der Waals surface area contributed by atoms with Crippen molar-refractivity contribution in [1.82, 2.24) is 10.2 Å². The molecule has 0 aliphatic heterocycles. The number of rotatable bonds is 4. The predicted molar refractivity (Wildman–Crippen MR) is 96.4 cm³/mol. The molecule has 1 heterocycles. The van der Waals surface area contributed by atoms with Crippen molar-refractivity contribution in [2.24, 2.45) is 0 Å². The van der Waals surface area contributed by atoms with Gasteiger partial charge in [0.05, 0.1) is 25.3 Å². The summed E-state index contributed by atoms with van der Waals surface area (Å²) >= 11 is 0. The van der Waals surface area contributed by atoms with E-state index in [0.29, 0.717) is 29.0 Å². The predicted octanol–water partition coefficient (Wildman–Crippen LogP) is 2.54. The van der Waals surface area contributed by atoms with Crippen LogP contribution in [0.2, 0.25) is 0 Å². The summed E-state index contributed by atoms with van der Waals surface area (Å²) in [7, 11) is 3.10. The lowest BCUT2D eigenvalue weighted by Gasteiger charge is -2.11. The number of anilines is 1. The zero-order valence-corrected chi connectivity index (χ0v) is 14.1. The topological polar surface area (TPSA) is 90.2 Å². The average molecular weight is 348 g/mol. The van der Waals surface area contributed by atoms with Crippen LogP contribution in [0.1, 0.15) is 11.3 Å². The van der Waals surface area contributed by atoms with E-state index >= 15 is 0 Å². The van der Waals surface area contributed by atoms with Crippen molar-refractivity contribution < 1.29 is 9.47 Å². The molecule has 3 aromatic rings. The maximum Gasteiger partial charge on any atom is 0.272 e. The molecule has 0 saturated carbocycles. The summed E-state index contributed by atoms with van der Waals surface area (Å²) in [6.45, 7) is 0. The molecular weight excluding hydrogens is 330 g/mol. The number of ether oxygens (including phenoxy) is 2. The Kier molecular flexibility index (Phi) is 5.31. The summed E-state index contributed by atoms with van der Waals surface area (Å²) in [6.07, 6.45) is 0.572. The lowest BCUT2D eigenvalue weighted by atomic mass is 10.0. The summed E-state index contributed by atoms with van der Waals surface area (Å²) in [4.78, 5) is 12.1. The zero-order chi connectivity index (χ0) is 16.4. The number of hydrogen-bond donors (Lipinski definition) is 2. The highest BCUT2D eigenvalue weighted by Gasteiger charge is 2.13. The van der Waals surface area contributed by atoms with Crippen molar-refractivity contribution in [2.45, 2.75) is 6.42 Å². The molecule has 0 saturated heterocycles. The lowest BCUT2D eigenvalue weighted by Crippen LogP contribution is -2.12. The number of aromatic nitrogens is 2. The van der Waals surface area contributed by atoms with Gasteiger partial charge in [-0.15, -0.1) is 12.4 Å². The molecule has 126 valence electrons. The number of fused-ring (bicyclic) bond motifs is 1. The number of hydrogen-bond acceptors (Lipinski definition) is 5. The highest BCUT2D eigenvalue weighted by Crippen LogP contribution is 2.32. The quantitative estimate of drug-likeness (QED) is 0.708. The van der Waals surface area contributed by atoms with Crippen molar-refractivity contribution in [3.63, 3.8) is 0 Å². The first kappa shape index (κ1) is 17.6. The Bertz CT molecular complexity index is 907. The summed E-state index contributed by atoms with van der Waals surface area (Å²) in [6, 6.07) is 11.0. The Morgan fingerprint density at radius 2 is 1.62 bits per heavy atom. The van der Waals surface area contributed by atoms with E-state index in [1.807, 2.05) is 24.3 Å². The molecule has 0 radical (unpaired) electrons. The van der Waals surface area contributed by atoms with Crippen LogP contribution in [0, 0.1) is 0 Å². The third-order valence-electron chi connectivity index (χ3n) is 3.72. The SMILES string of the molecule is COc1cc2c(Cc3ccc(N)cc3)n[nH]c(=O)c2cc1OC.Cl. The molecule has 2 aromatic carbocycles. The summed E-state index contributed by atoms with van der Waals surface area (Å²) in [5.41, 5.74) is 7.96. The van der Waals surface area contributed by atoms with E-state index in [1.54, 1.807) is 19.2 Å². The van der Waals surface area contributed by atoms with Crippen LogP contribution < -0.4 is 20.8 Å². The Morgan fingerprint density at radius 3 is 2.21 bits per heavy atom. The molecule has 0 aliphatic rings. The van der Waals surface area contributed by atoms with E-state index in [9.17, 15) is 4.79 Å². The highest BCUT2D eigenvalue weighted by atomic mass is 35.5. The van der Waals surface area contributed by atoms with Crippen molar-refractivity contribution >= 4 is 28.9 Å². The van der Waals surface area contributed by atoms with E-state index in [2.05, 4.69) is 10.2 Å². The zero-order valence-electron chi connectivity index (χ0n) is 13.3. The molecule has 0 unspecified atom stereocenters. The molecule has 1 aromatic heterocycles. The maximum absolute atomic E-state index is 12.1. The number of nitrogen functional groups attached to an aromatic ring is 1. The first-order chi connectivity index (χ1) is 11.1. The van der Waals surface area contributed by atoms with Crippen molar-refractivity contribution in [3.8, 4) is 11.5 Å². The number of methoxy groups -OCH3 is 2. The van der Waals surface area contributed by atoms with Gasteiger partial charge in [0.1, 0.15) is 0 Å². The van der Waals surface area contributed by atoms with Gasteiger partial charge in [-0.05, 0) is 29.8 Å². The molecular formula is C17H18ClN3O3. The Morgan fingerprint density at radius 1 is 1.04 bits per heavy atom. The number of halogens is 1. The van der Waals surface area contributed by atoms with Gasteiger partial charge in [0.25, 0.3) is 5.56 Å². The van der Waals surface area contributed by atoms with E-state index in [-0.39, 0.29) is 18.0 Å². The molecule has 3 rings (SSSR count). The number of H-pyrrole nitrogens is 1. The van der Waals surface area contributed by atoms with Gasteiger partial charge < -0.3 is 15.2 Å². The Labute approximate surface area is 145 Å². The van der Waals surface area contributed by atoms with Crippen molar-refractivity contribution in [3.05, 3.63) is 58.0 Å². The fourth-order valence-electron chi connectivity index (χ4n) is 2.51.